The van der Waals surface area contributed by atoms with Crippen LogP contribution in [0.15, 0.2) is 4.99 Å². The third-order valence-electron chi connectivity index (χ3n) is 4.85. The minimum Gasteiger partial charge on any atom is -0.377 e. The average molecular weight is 464 g/mol. The SMILES string of the molecule is CN=C(NCCN(C)CC(F)(F)F)NC1C2CCOC2C1(C)C.I. The van der Waals surface area contributed by atoms with Gasteiger partial charge in [0.15, 0.2) is 5.96 Å². The maximum atomic E-state index is 12.3. The van der Waals surface area contributed by atoms with Gasteiger partial charge in [-0.15, -0.1) is 24.0 Å². The van der Waals surface area contributed by atoms with Gasteiger partial charge >= 0.3 is 6.18 Å². The van der Waals surface area contributed by atoms with Crippen molar-refractivity contribution in [3.63, 3.8) is 0 Å². The molecule has 0 aromatic heterocycles. The summed E-state index contributed by atoms with van der Waals surface area (Å²) in [7, 11) is 3.13. The lowest BCUT2D eigenvalue weighted by Gasteiger charge is -2.54. The minimum absolute atomic E-state index is 0. The Hall–Kier alpha value is -0.290. The molecule has 5 nitrogen and oxygen atoms in total. The van der Waals surface area contributed by atoms with Crippen molar-refractivity contribution in [2.45, 2.75) is 38.6 Å². The molecule has 24 heavy (non-hydrogen) atoms. The fourth-order valence-corrected chi connectivity index (χ4v) is 3.71. The molecule has 3 atom stereocenters. The topological polar surface area (TPSA) is 48.9 Å². The van der Waals surface area contributed by atoms with Gasteiger partial charge in [-0.3, -0.25) is 9.89 Å². The zero-order chi connectivity index (χ0) is 17.3. The van der Waals surface area contributed by atoms with Crippen LogP contribution in [0.2, 0.25) is 0 Å². The van der Waals surface area contributed by atoms with Crippen LogP contribution >= 0.6 is 24.0 Å². The average Bonchev–Trinajstić information content (AvgIpc) is 2.87. The second-order valence-corrected chi connectivity index (χ2v) is 7.04. The summed E-state index contributed by atoms with van der Waals surface area (Å²) in [4.78, 5) is 5.42. The first-order valence-electron chi connectivity index (χ1n) is 7.99. The summed E-state index contributed by atoms with van der Waals surface area (Å²) < 4.78 is 42.6. The fraction of sp³-hybridized carbons (Fsp3) is 0.933. The Morgan fingerprint density at radius 1 is 1.38 bits per heavy atom. The van der Waals surface area contributed by atoms with Crippen LogP contribution in [0.1, 0.15) is 20.3 Å². The van der Waals surface area contributed by atoms with E-state index in [2.05, 4.69) is 29.5 Å². The maximum Gasteiger partial charge on any atom is 0.401 e. The molecule has 3 unspecified atom stereocenters. The first-order valence-corrected chi connectivity index (χ1v) is 7.99. The van der Waals surface area contributed by atoms with Crippen LogP contribution in [0.4, 0.5) is 13.2 Å². The molecule has 0 spiro atoms. The Morgan fingerprint density at radius 2 is 2.04 bits per heavy atom. The number of nitrogens with zero attached hydrogens (tertiary/aromatic N) is 2. The van der Waals surface area contributed by atoms with Gasteiger partial charge in [0, 0.05) is 44.1 Å². The number of nitrogens with one attached hydrogen (secondary N) is 2. The first kappa shape index (κ1) is 21.8. The molecule has 1 heterocycles. The van der Waals surface area contributed by atoms with Gasteiger partial charge in [0.2, 0.25) is 0 Å². The summed E-state index contributed by atoms with van der Waals surface area (Å²) in [5.41, 5.74) is 0.0336. The standard InChI is InChI=1S/C15H27F3N4O.HI/c1-14(2)11(10-5-8-23-12(10)14)21-13(19-3)20-6-7-22(4)9-15(16,17)18;/h10-12H,5-9H2,1-4H3,(H2,19,20,21);1H. The lowest BCUT2D eigenvalue weighted by atomic mass is 9.57. The lowest BCUT2D eigenvalue weighted by Crippen LogP contribution is -2.68. The van der Waals surface area contributed by atoms with E-state index in [1.165, 1.54) is 11.9 Å². The molecule has 0 bridgehead atoms. The van der Waals surface area contributed by atoms with E-state index in [1.54, 1.807) is 7.05 Å². The number of hydrogen-bond acceptors (Lipinski definition) is 3. The molecular formula is C15H28F3IN4O. The van der Waals surface area contributed by atoms with E-state index in [9.17, 15) is 13.2 Å². The van der Waals surface area contributed by atoms with Gasteiger partial charge in [-0.05, 0) is 13.5 Å². The Bertz CT molecular complexity index is 445. The molecule has 2 N–H and O–H groups in total. The van der Waals surface area contributed by atoms with Crippen molar-refractivity contribution in [1.29, 1.82) is 0 Å². The second-order valence-electron chi connectivity index (χ2n) is 7.04. The third-order valence-corrected chi connectivity index (χ3v) is 4.85. The van der Waals surface area contributed by atoms with E-state index < -0.39 is 12.7 Å². The number of fused-ring (bicyclic) bond motifs is 1. The number of halogens is 4. The quantitative estimate of drug-likeness (QED) is 0.372. The van der Waals surface area contributed by atoms with E-state index >= 15 is 0 Å². The molecule has 1 aliphatic carbocycles. The highest BCUT2D eigenvalue weighted by Gasteiger charge is 2.59. The van der Waals surface area contributed by atoms with Crippen LogP contribution in [-0.4, -0.2) is 69.5 Å². The van der Waals surface area contributed by atoms with Crippen molar-refractivity contribution in [3.8, 4) is 0 Å². The number of alkyl halides is 3. The Balaban J connectivity index is 0.00000288. The Kier molecular flexibility index (Phi) is 7.61. The molecular weight excluding hydrogens is 436 g/mol. The Labute approximate surface area is 158 Å². The van der Waals surface area contributed by atoms with Gasteiger partial charge in [-0.2, -0.15) is 13.2 Å². The number of hydrogen-bond donors (Lipinski definition) is 2. The molecule has 1 saturated heterocycles. The summed E-state index contributed by atoms with van der Waals surface area (Å²) in [6.45, 7) is 4.93. The van der Waals surface area contributed by atoms with Gasteiger partial charge in [0.1, 0.15) is 0 Å². The zero-order valence-corrected chi connectivity index (χ0v) is 16.9. The van der Waals surface area contributed by atoms with Crippen molar-refractivity contribution < 1.29 is 17.9 Å². The van der Waals surface area contributed by atoms with Crippen LogP contribution in [0, 0.1) is 11.3 Å². The van der Waals surface area contributed by atoms with Crippen molar-refractivity contribution in [1.82, 2.24) is 15.5 Å². The predicted octanol–water partition coefficient (Wildman–Crippen LogP) is 2.08. The molecule has 9 heteroatoms. The molecule has 1 aliphatic heterocycles. The van der Waals surface area contributed by atoms with E-state index in [0.717, 1.165) is 13.0 Å². The van der Waals surface area contributed by atoms with Crippen LogP contribution in [0.25, 0.3) is 0 Å². The second kappa shape index (κ2) is 8.39. The van der Waals surface area contributed by atoms with E-state index in [0.29, 0.717) is 25.0 Å². The molecule has 2 fully saturated rings. The predicted molar refractivity (Wildman–Crippen MR) is 98.9 cm³/mol. The fourth-order valence-electron chi connectivity index (χ4n) is 3.71. The minimum atomic E-state index is -4.16. The van der Waals surface area contributed by atoms with E-state index in [4.69, 9.17) is 4.74 Å². The zero-order valence-electron chi connectivity index (χ0n) is 14.6. The van der Waals surface area contributed by atoms with Crippen LogP contribution in [-0.2, 0) is 4.74 Å². The number of ether oxygens (including phenoxy) is 1. The highest BCUT2D eigenvalue weighted by atomic mass is 127. The van der Waals surface area contributed by atoms with Crippen molar-refractivity contribution in [3.05, 3.63) is 0 Å². The molecule has 2 aliphatic rings. The summed E-state index contributed by atoms with van der Waals surface area (Å²) in [6, 6.07) is 0.272. The molecule has 0 aromatic rings. The van der Waals surface area contributed by atoms with E-state index in [-0.39, 0.29) is 41.5 Å². The van der Waals surface area contributed by atoms with Crippen molar-refractivity contribution in [2.24, 2.45) is 16.3 Å². The largest absolute Gasteiger partial charge is 0.401 e. The van der Waals surface area contributed by atoms with Crippen LogP contribution in [0.5, 0.6) is 0 Å². The van der Waals surface area contributed by atoms with Crippen LogP contribution in [0.3, 0.4) is 0 Å². The monoisotopic (exact) mass is 464 g/mol. The molecule has 1 saturated carbocycles. The summed E-state index contributed by atoms with van der Waals surface area (Å²) in [5, 5.41) is 6.50. The Morgan fingerprint density at radius 3 is 2.62 bits per heavy atom. The van der Waals surface area contributed by atoms with Gasteiger partial charge in [0.25, 0.3) is 0 Å². The highest BCUT2D eigenvalue weighted by molar-refractivity contribution is 14.0. The van der Waals surface area contributed by atoms with Crippen molar-refractivity contribution >= 4 is 29.9 Å². The smallest absolute Gasteiger partial charge is 0.377 e. The van der Waals surface area contributed by atoms with Crippen molar-refractivity contribution in [2.75, 3.05) is 40.3 Å². The number of likely N-dealkylation sites (N-methyl/N-ethyl adjacent to an activating group) is 1. The summed E-state index contributed by atoms with van der Waals surface area (Å²) in [6.07, 6.45) is -2.84. The number of guanidine groups is 1. The molecule has 2 rings (SSSR count). The summed E-state index contributed by atoms with van der Waals surface area (Å²) in [5.74, 6) is 1.12. The molecule has 0 amide bonds. The normalized spacial score (nSPS) is 28.8. The number of aliphatic imine (C=N–C) groups is 1. The first-order chi connectivity index (χ1) is 10.6. The summed E-state index contributed by atoms with van der Waals surface area (Å²) >= 11 is 0. The van der Waals surface area contributed by atoms with E-state index in [1.807, 2.05) is 0 Å². The van der Waals surface area contributed by atoms with Gasteiger partial charge in [0.05, 0.1) is 12.6 Å². The third kappa shape index (κ3) is 5.10. The lowest BCUT2D eigenvalue weighted by molar-refractivity contribution is -0.142. The molecule has 0 radical (unpaired) electrons. The van der Waals surface area contributed by atoms with Gasteiger partial charge < -0.3 is 15.4 Å². The maximum absolute atomic E-state index is 12.3. The van der Waals surface area contributed by atoms with Gasteiger partial charge in [-0.1, -0.05) is 13.8 Å². The molecule has 142 valence electrons. The highest BCUT2D eigenvalue weighted by Crippen LogP contribution is 2.52. The van der Waals surface area contributed by atoms with Gasteiger partial charge in [-0.25, -0.2) is 0 Å². The number of rotatable bonds is 5. The molecule has 0 aromatic carbocycles. The van der Waals surface area contributed by atoms with Crippen LogP contribution < -0.4 is 10.6 Å².